The average Bonchev–Trinajstić information content (AvgIpc) is 2.30. The lowest BCUT2D eigenvalue weighted by molar-refractivity contribution is -0.137. The molecule has 1 aliphatic carbocycles. The molecule has 1 aliphatic heterocycles. The van der Waals surface area contributed by atoms with Gasteiger partial charge in [0, 0.05) is 38.1 Å². The zero-order valence-corrected chi connectivity index (χ0v) is 9.24. The van der Waals surface area contributed by atoms with E-state index in [-0.39, 0.29) is 5.92 Å². The Labute approximate surface area is 91.2 Å². The zero-order chi connectivity index (χ0) is 10.7. The van der Waals surface area contributed by atoms with E-state index in [2.05, 4.69) is 5.32 Å². The fraction of sp³-hybridized carbons (Fsp3) is 0.909. The number of nitrogens with zero attached hydrogens (tertiary/aromatic N) is 1. The highest BCUT2D eigenvalue weighted by atomic mass is 16.2. The Bertz CT molecular complexity index is 218. The summed E-state index contributed by atoms with van der Waals surface area (Å²) in [5.74, 6) is 0.617. The average molecular weight is 211 g/mol. The van der Waals surface area contributed by atoms with Crippen molar-refractivity contribution in [3.8, 4) is 0 Å². The van der Waals surface area contributed by atoms with Crippen LogP contribution in [0.2, 0.25) is 0 Å². The van der Waals surface area contributed by atoms with Gasteiger partial charge in [-0.15, -0.1) is 0 Å². The van der Waals surface area contributed by atoms with Gasteiger partial charge in [-0.2, -0.15) is 0 Å². The van der Waals surface area contributed by atoms with E-state index in [1.807, 2.05) is 4.90 Å². The molecular formula is C11H21N3O. The predicted octanol–water partition coefficient (Wildman–Crippen LogP) is -0.0643. The summed E-state index contributed by atoms with van der Waals surface area (Å²) in [5, 5.41) is 3.27. The number of hydrogen-bond donors (Lipinski definition) is 2. The summed E-state index contributed by atoms with van der Waals surface area (Å²) in [6.45, 7) is 3.64. The van der Waals surface area contributed by atoms with E-state index >= 15 is 0 Å². The van der Waals surface area contributed by atoms with E-state index in [9.17, 15) is 4.79 Å². The van der Waals surface area contributed by atoms with Gasteiger partial charge in [-0.1, -0.05) is 0 Å². The molecule has 86 valence electrons. The SMILES string of the molecule is NC1CCC(C(=O)N2CCNCC2)CC1. The third-order valence-electron chi connectivity index (χ3n) is 3.55. The highest BCUT2D eigenvalue weighted by Crippen LogP contribution is 2.25. The third kappa shape index (κ3) is 2.69. The molecular weight excluding hydrogens is 190 g/mol. The van der Waals surface area contributed by atoms with Gasteiger partial charge in [-0.05, 0) is 25.7 Å². The fourth-order valence-electron chi connectivity index (χ4n) is 2.51. The molecule has 2 rings (SSSR count). The highest BCUT2D eigenvalue weighted by molar-refractivity contribution is 5.79. The second kappa shape index (κ2) is 4.94. The molecule has 2 fully saturated rings. The second-order valence-electron chi connectivity index (χ2n) is 4.69. The Morgan fingerprint density at radius 2 is 1.73 bits per heavy atom. The minimum atomic E-state index is 0.253. The van der Waals surface area contributed by atoms with Gasteiger partial charge in [0.25, 0.3) is 0 Å². The molecule has 0 aromatic carbocycles. The molecule has 0 aromatic heterocycles. The van der Waals surface area contributed by atoms with E-state index in [0.29, 0.717) is 11.9 Å². The van der Waals surface area contributed by atoms with Crippen LogP contribution >= 0.6 is 0 Å². The molecule has 0 unspecified atom stereocenters. The lowest BCUT2D eigenvalue weighted by atomic mass is 9.85. The van der Waals surface area contributed by atoms with Crippen LogP contribution in [0.15, 0.2) is 0 Å². The lowest BCUT2D eigenvalue weighted by Gasteiger charge is -2.33. The van der Waals surface area contributed by atoms with Crippen LogP contribution in [0.1, 0.15) is 25.7 Å². The number of carbonyl (C=O) groups excluding carboxylic acids is 1. The first kappa shape index (κ1) is 10.9. The number of amides is 1. The van der Waals surface area contributed by atoms with Crippen LogP contribution in [-0.2, 0) is 4.79 Å². The van der Waals surface area contributed by atoms with E-state index in [1.165, 1.54) is 0 Å². The molecule has 0 atom stereocenters. The highest BCUT2D eigenvalue weighted by Gasteiger charge is 2.28. The lowest BCUT2D eigenvalue weighted by Crippen LogP contribution is -2.49. The Morgan fingerprint density at radius 3 is 2.33 bits per heavy atom. The van der Waals surface area contributed by atoms with E-state index < -0.39 is 0 Å². The first-order chi connectivity index (χ1) is 7.27. The van der Waals surface area contributed by atoms with Crippen LogP contribution in [0.4, 0.5) is 0 Å². The van der Waals surface area contributed by atoms with Crippen molar-refractivity contribution in [3.63, 3.8) is 0 Å². The Hall–Kier alpha value is -0.610. The Balaban J connectivity index is 1.84. The molecule has 0 radical (unpaired) electrons. The van der Waals surface area contributed by atoms with Crippen LogP contribution in [0.5, 0.6) is 0 Å². The number of rotatable bonds is 1. The first-order valence-electron chi connectivity index (χ1n) is 6.02. The van der Waals surface area contributed by atoms with Crippen molar-refractivity contribution < 1.29 is 4.79 Å². The summed E-state index contributed by atoms with van der Waals surface area (Å²) in [6.07, 6.45) is 4.01. The number of nitrogens with one attached hydrogen (secondary N) is 1. The topological polar surface area (TPSA) is 58.4 Å². The van der Waals surface area contributed by atoms with Crippen LogP contribution in [-0.4, -0.2) is 43.0 Å². The maximum atomic E-state index is 12.1. The molecule has 1 heterocycles. The molecule has 0 spiro atoms. The Morgan fingerprint density at radius 1 is 1.13 bits per heavy atom. The van der Waals surface area contributed by atoms with Crippen molar-refractivity contribution in [2.75, 3.05) is 26.2 Å². The molecule has 0 aromatic rings. The maximum absolute atomic E-state index is 12.1. The maximum Gasteiger partial charge on any atom is 0.225 e. The summed E-state index contributed by atoms with van der Waals surface area (Å²) >= 11 is 0. The summed E-state index contributed by atoms with van der Waals surface area (Å²) < 4.78 is 0. The molecule has 3 N–H and O–H groups in total. The zero-order valence-electron chi connectivity index (χ0n) is 9.24. The second-order valence-corrected chi connectivity index (χ2v) is 4.69. The number of hydrogen-bond acceptors (Lipinski definition) is 3. The summed E-state index contributed by atoms with van der Waals surface area (Å²) in [6, 6.07) is 0.331. The van der Waals surface area contributed by atoms with Crippen molar-refractivity contribution in [2.24, 2.45) is 11.7 Å². The monoisotopic (exact) mass is 211 g/mol. The first-order valence-corrected chi connectivity index (χ1v) is 6.02. The van der Waals surface area contributed by atoms with Gasteiger partial charge in [-0.3, -0.25) is 4.79 Å². The molecule has 4 heteroatoms. The van der Waals surface area contributed by atoms with Crippen molar-refractivity contribution in [1.29, 1.82) is 0 Å². The molecule has 2 aliphatic rings. The number of piperazine rings is 1. The van der Waals surface area contributed by atoms with E-state index in [0.717, 1.165) is 51.9 Å². The normalized spacial score (nSPS) is 32.7. The molecule has 1 amide bonds. The predicted molar refractivity (Wildman–Crippen MR) is 59.4 cm³/mol. The van der Waals surface area contributed by atoms with Crippen LogP contribution in [0, 0.1) is 5.92 Å². The fourth-order valence-corrected chi connectivity index (χ4v) is 2.51. The van der Waals surface area contributed by atoms with Crippen LogP contribution < -0.4 is 11.1 Å². The third-order valence-corrected chi connectivity index (χ3v) is 3.55. The molecule has 4 nitrogen and oxygen atoms in total. The summed E-state index contributed by atoms with van der Waals surface area (Å²) in [4.78, 5) is 14.1. The van der Waals surface area contributed by atoms with Gasteiger partial charge in [-0.25, -0.2) is 0 Å². The standard InChI is InChI=1S/C11H21N3O/c12-10-3-1-9(2-4-10)11(15)14-7-5-13-6-8-14/h9-10,13H,1-8,12H2. The molecule has 0 bridgehead atoms. The minimum absolute atomic E-state index is 0.253. The van der Waals surface area contributed by atoms with Crippen LogP contribution in [0.3, 0.4) is 0 Å². The summed E-state index contributed by atoms with van der Waals surface area (Å²) in [5.41, 5.74) is 5.84. The minimum Gasteiger partial charge on any atom is -0.340 e. The Kier molecular flexibility index (Phi) is 3.59. The molecule has 15 heavy (non-hydrogen) atoms. The molecule has 1 saturated heterocycles. The van der Waals surface area contributed by atoms with Gasteiger partial charge in [0.15, 0.2) is 0 Å². The van der Waals surface area contributed by atoms with E-state index in [1.54, 1.807) is 0 Å². The van der Waals surface area contributed by atoms with Gasteiger partial charge >= 0.3 is 0 Å². The largest absolute Gasteiger partial charge is 0.340 e. The van der Waals surface area contributed by atoms with Crippen molar-refractivity contribution in [3.05, 3.63) is 0 Å². The quantitative estimate of drug-likeness (QED) is 0.638. The van der Waals surface area contributed by atoms with Crippen molar-refractivity contribution in [2.45, 2.75) is 31.7 Å². The van der Waals surface area contributed by atoms with Crippen molar-refractivity contribution in [1.82, 2.24) is 10.2 Å². The van der Waals surface area contributed by atoms with Crippen molar-refractivity contribution >= 4 is 5.91 Å². The van der Waals surface area contributed by atoms with Gasteiger partial charge < -0.3 is 16.0 Å². The number of carbonyl (C=O) groups is 1. The van der Waals surface area contributed by atoms with Gasteiger partial charge in [0.05, 0.1) is 0 Å². The smallest absolute Gasteiger partial charge is 0.225 e. The summed E-state index contributed by atoms with van der Waals surface area (Å²) in [7, 11) is 0. The van der Waals surface area contributed by atoms with E-state index in [4.69, 9.17) is 5.73 Å². The molecule has 1 saturated carbocycles. The van der Waals surface area contributed by atoms with Gasteiger partial charge in [0.2, 0.25) is 5.91 Å². The number of nitrogens with two attached hydrogens (primary N) is 1. The van der Waals surface area contributed by atoms with Gasteiger partial charge in [0.1, 0.15) is 0 Å². The van der Waals surface area contributed by atoms with Crippen LogP contribution in [0.25, 0.3) is 0 Å².